The summed E-state index contributed by atoms with van der Waals surface area (Å²) in [5, 5.41) is 0. The summed E-state index contributed by atoms with van der Waals surface area (Å²) < 4.78 is 10.8. The lowest BCUT2D eigenvalue weighted by Crippen LogP contribution is -2.27. The summed E-state index contributed by atoms with van der Waals surface area (Å²) in [6.07, 6.45) is 4.37. The second-order valence-electron chi connectivity index (χ2n) is 4.40. The SMILES string of the molecule is C=CCc1cccc(CC=C)c1O[C@H](C)C(=O)OCC. The summed E-state index contributed by atoms with van der Waals surface area (Å²) >= 11 is 0. The third kappa shape index (κ3) is 4.26. The van der Waals surface area contributed by atoms with Crippen molar-refractivity contribution in [2.24, 2.45) is 0 Å². The Morgan fingerprint density at radius 3 is 2.25 bits per heavy atom. The Morgan fingerprint density at radius 1 is 1.25 bits per heavy atom. The maximum Gasteiger partial charge on any atom is 0.347 e. The number of hydrogen-bond donors (Lipinski definition) is 0. The van der Waals surface area contributed by atoms with Gasteiger partial charge in [0, 0.05) is 0 Å². The van der Waals surface area contributed by atoms with Gasteiger partial charge in [0.1, 0.15) is 5.75 Å². The number of ether oxygens (including phenoxy) is 2. The number of carbonyl (C=O) groups is 1. The Balaban J connectivity index is 3.02. The van der Waals surface area contributed by atoms with E-state index in [0.717, 1.165) is 16.9 Å². The Kier molecular flexibility index (Phi) is 6.57. The fourth-order valence-corrected chi connectivity index (χ4v) is 1.91. The molecule has 3 heteroatoms. The van der Waals surface area contributed by atoms with Crippen molar-refractivity contribution in [3.8, 4) is 5.75 Å². The van der Waals surface area contributed by atoms with Crippen LogP contribution in [0.5, 0.6) is 5.75 Å². The summed E-state index contributed by atoms with van der Waals surface area (Å²) in [5.41, 5.74) is 2.02. The van der Waals surface area contributed by atoms with E-state index in [0.29, 0.717) is 19.4 Å². The van der Waals surface area contributed by atoms with Crippen LogP contribution in [0, 0.1) is 0 Å². The molecule has 0 saturated carbocycles. The molecule has 0 bridgehead atoms. The monoisotopic (exact) mass is 274 g/mol. The van der Waals surface area contributed by atoms with Crippen LogP contribution in [0.15, 0.2) is 43.5 Å². The Labute approximate surface area is 120 Å². The minimum Gasteiger partial charge on any atom is -0.478 e. The van der Waals surface area contributed by atoms with Crippen LogP contribution in [-0.2, 0) is 22.4 Å². The lowest BCUT2D eigenvalue weighted by Gasteiger charge is -2.18. The molecule has 3 nitrogen and oxygen atoms in total. The maximum atomic E-state index is 11.7. The number of rotatable bonds is 8. The van der Waals surface area contributed by atoms with Crippen LogP contribution in [0.3, 0.4) is 0 Å². The highest BCUT2D eigenvalue weighted by atomic mass is 16.6. The molecule has 0 N–H and O–H groups in total. The first-order valence-corrected chi connectivity index (χ1v) is 6.79. The van der Waals surface area contributed by atoms with E-state index in [1.165, 1.54) is 0 Å². The molecule has 0 aliphatic rings. The number of carbonyl (C=O) groups excluding carboxylic acids is 1. The van der Waals surface area contributed by atoms with Crippen molar-refractivity contribution in [3.63, 3.8) is 0 Å². The molecule has 0 fully saturated rings. The van der Waals surface area contributed by atoms with Gasteiger partial charge in [0.2, 0.25) is 0 Å². The lowest BCUT2D eigenvalue weighted by molar-refractivity contribution is -0.150. The predicted octanol–water partition coefficient (Wildman–Crippen LogP) is 3.47. The van der Waals surface area contributed by atoms with Gasteiger partial charge in [-0.25, -0.2) is 4.79 Å². The number of para-hydroxylation sites is 1. The van der Waals surface area contributed by atoms with Crippen molar-refractivity contribution in [1.29, 1.82) is 0 Å². The summed E-state index contributed by atoms with van der Waals surface area (Å²) in [6, 6.07) is 5.92. The molecule has 1 rings (SSSR count). The average molecular weight is 274 g/mol. The first kappa shape index (κ1) is 16.0. The lowest BCUT2D eigenvalue weighted by atomic mass is 10.0. The standard InChI is InChI=1S/C17H22O3/c1-5-9-14-11-8-12-15(10-6-2)16(14)20-13(4)17(18)19-7-3/h5-6,8,11-13H,1-2,7,9-10H2,3-4H3/t13-/m1/s1. The van der Waals surface area contributed by atoms with Gasteiger partial charge in [-0.3, -0.25) is 0 Å². The van der Waals surface area contributed by atoms with Crippen molar-refractivity contribution in [2.45, 2.75) is 32.8 Å². The van der Waals surface area contributed by atoms with Crippen LogP contribution in [0.25, 0.3) is 0 Å². The van der Waals surface area contributed by atoms with Gasteiger partial charge in [-0.2, -0.15) is 0 Å². The van der Waals surface area contributed by atoms with Crippen molar-refractivity contribution in [1.82, 2.24) is 0 Å². The second-order valence-corrected chi connectivity index (χ2v) is 4.40. The summed E-state index contributed by atoms with van der Waals surface area (Å²) in [6.45, 7) is 11.3. The first-order valence-electron chi connectivity index (χ1n) is 6.79. The summed E-state index contributed by atoms with van der Waals surface area (Å²) in [4.78, 5) is 11.7. The molecule has 0 aliphatic heterocycles. The molecule has 1 atom stereocenters. The highest BCUT2D eigenvalue weighted by Gasteiger charge is 2.19. The number of benzene rings is 1. The van der Waals surface area contributed by atoms with E-state index in [1.807, 2.05) is 30.4 Å². The van der Waals surface area contributed by atoms with E-state index in [1.54, 1.807) is 13.8 Å². The van der Waals surface area contributed by atoms with E-state index in [-0.39, 0.29) is 5.97 Å². The number of esters is 1. The van der Waals surface area contributed by atoms with Crippen LogP contribution >= 0.6 is 0 Å². The van der Waals surface area contributed by atoms with E-state index in [4.69, 9.17) is 9.47 Å². The van der Waals surface area contributed by atoms with Gasteiger partial charge in [0.05, 0.1) is 6.61 Å². The molecule has 0 radical (unpaired) electrons. The van der Waals surface area contributed by atoms with E-state index in [9.17, 15) is 4.79 Å². The van der Waals surface area contributed by atoms with Gasteiger partial charge < -0.3 is 9.47 Å². The highest BCUT2D eigenvalue weighted by Crippen LogP contribution is 2.27. The zero-order valence-corrected chi connectivity index (χ0v) is 12.2. The van der Waals surface area contributed by atoms with Crippen LogP contribution in [-0.4, -0.2) is 18.7 Å². The van der Waals surface area contributed by atoms with E-state index < -0.39 is 6.10 Å². The maximum absolute atomic E-state index is 11.7. The normalized spacial score (nSPS) is 11.5. The van der Waals surface area contributed by atoms with E-state index in [2.05, 4.69) is 13.2 Å². The topological polar surface area (TPSA) is 35.5 Å². The van der Waals surface area contributed by atoms with Gasteiger partial charge in [-0.15, -0.1) is 13.2 Å². The smallest absolute Gasteiger partial charge is 0.347 e. The quantitative estimate of drug-likeness (QED) is 0.538. The van der Waals surface area contributed by atoms with Crippen LogP contribution in [0.4, 0.5) is 0 Å². The van der Waals surface area contributed by atoms with Gasteiger partial charge >= 0.3 is 5.97 Å². The zero-order valence-electron chi connectivity index (χ0n) is 12.2. The molecule has 0 aromatic heterocycles. The van der Waals surface area contributed by atoms with Gasteiger partial charge in [-0.05, 0) is 37.8 Å². The molecular weight excluding hydrogens is 252 g/mol. The molecule has 1 aromatic carbocycles. The van der Waals surface area contributed by atoms with Crippen molar-refractivity contribution < 1.29 is 14.3 Å². The molecule has 0 amide bonds. The molecule has 0 aliphatic carbocycles. The zero-order chi connectivity index (χ0) is 15.0. The first-order chi connectivity index (χ1) is 9.63. The van der Waals surface area contributed by atoms with Crippen molar-refractivity contribution >= 4 is 5.97 Å². The van der Waals surface area contributed by atoms with Crippen molar-refractivity contribution in [2.75, 3.05) is 6.61 Å². The van der Waals surface area contributed by atoms with Gasteiger partial charge in [0.15, 0.2) is 6.10 Å². The van der Waals surface area contributed by atoms with Gasteiger partial charge in [0.25, 0.3) is 0 Å². The average Bonchev–Trinajstić information content (AvgIpc) is 2.43. The fraction of sp³-hybridized carbons (Fsp3) is 0.353. The Bertz CT molecular complexity index is 449. The molecule has 1 aromatic rings. The summed E-state index contributed by atoms with van der Waals surface area (Å²) in [7, 11) is 0. The molecule has 0 unspecified atom stereocenters. The second kappa shape index (κ2) is 8.20. The van der Waals surface area contributed by atoms with E-state index >= 15 is 0 Å². The molecule has 0 heterocycles. The molecule has 0 spiro atoms. The Morgan fingerprint density at radius 2 is 1.80 bits per heavy atom. The number of hydrogen-bond acceptors (Lipinski definition) is 3. The molecule has 0 saturated heterocycles. The third-order valence-corrected chi connectivity index (χ3v) is 2.82. The molecule has 20 heavy (non-hydrogen) atoms. The van der Waals surface area contributed by atoms with Gasteiger partial charge in [-0.1, -0.05) is 30.4 Å². The minimum absolute atomic E-state index is 0.348. The van der Waals surface area contributed by atoms with Crippen molar-refractivity contribution in [3.05, 3.63) is 54.6 Å². The van der Waals surface area contributed by atoms with Crippen LogP contribution in [0.1, 0.15) is 25.0 Å². The summed E-state index contributed by atoms with van der Waals surface area (Å²) in [5.74, 6) is 0.373. The Hall–Kier alpha value is -2.03. The molecule has 108 valence electrons. The fourth-order valence-electron chi connectivity index (χ4n) is 1.91. The van der Waals surface area contributed by atoms with Crippen LogP contribution in [0.2, 0.25) is 0 Å². The number of allylic oxidation sites excluding steroid dienone is 2. The van der Waals surface area contributed by atoms with Crippen LogP contribution < -0.4 is 4.74 Å². The largest absolute Gasteiger partial charge is 0.478 e. The minimum atomic E-state index is -0.635. The predicted molar refractivity (Wildman–Crippen MR) is 81.0 cm³/mol. The highest BCUT2D eigenvalue weighted by molar-refractivity contribution is 5.74. The molecular formula is C17H22O3. The third-order valence-electron chi connectivity index (χ3n) is 2.82.